The number of nitrogens with two attached hydrogens (primary N) is 1. The molecule has 0 amide bonds. The molecule has 0 saturated carbocycles. The number of hydrogen-bond donors (Lipinski definition) is 1. The normalized spacial score (nSPS) is 10.4. The first kappa shape index (κ1) is 11.0. The minimum atomic E-state index is -0.576. The molecule has 17 heavy (non-hydrogen) atoms. The summed E-state index contributed by atoms with van der Waals surface area (Å²) in [5.74, 6) is 0.542. The second-order valence-corrected chi connectivity index (χ2v) is 3.44. The Morgan fingerprint density at radius 2 is 2.24 bits per heavy atom. The highest BCUT2D eigenvalue weighted by atomic mass is 16.6. The second kappa shape index (κ2) is 4.16. The van der Waals surface area contributed by atoms with E-state index >= 15 is 0 Å². The number of aryl methyl sites for hydroxylation is 1. The summed E-state index contributed by atoms with van der Waals surface area (Å²) < 4.78 is 1.77. The highest BCUT2D eigenvalue weighted by Gasteiger charge is 2.21. The highest BCUT2D eigenvalue weighted by molar-refractivity contribution is 5.55. The van der Waals surface area contributed by atoms with Crippen LogP contribution in [0, 0.1) is 10.1 Å². The van der Waals surface area contributed by atoms with Crippen molar-refractivity contribution >= 4 is 11.5 Å². The van der Waals surface area contributed by atoms with E-state index < -0.39 is 4.92 Å². The average molecular weight is 234 g/mol. The molecule has 0 spiro atoms. The van der Waals surface area contributed by atoms with Crippen molar-refractivity contribution in [3.63, 3.8) is 0 Å². The molecule has 0 atom stereocenters. The van der Waals surface area contributed by atoms with Gasteiger partial charge in [-0.25, -0.2) is 15.0 Å². The van der Waals surface area contributed by atoms with Gasteiger partial charge in [-0.2, -0.15) is 0 Å². The zero-order chi connectivity index (χ0) is 12.4. The topological polar surface area (TPSA) is 113 Å². The number of nitro groups is 1. The van der Waals surface area contributed by atoms with Gasteiger partial charge in [0.05, 0.1) is 11.3 Å². The number of rotatable bonds is 3. The summed E-state index contributed by atoms with van der Waals surface area (Å²) in [5.41, 5.74) is 5.48. The van der Waals surface area contributed by atoms with E-state index in [2.05, 4.69) is 15.0 Å². The summed E-state index contributed by atoms with van der Waals surface area (Å²) in [7, 11) is 1.80. The minimum absolute atomic E-state index is 0.130. The lowest BCUT2D eigenvalue weighted by molar-refractivity contribution is -0.385. The number of imidazole rings is 1. The SMILES string of the molecule is Cn1ccnc1Cc1ncnc(N)c1[N+](=O)[O-]. The smallest absolute Gasteiger partial charge is 0.332 e. The molecule has 2 aromatic heterocycles. The highest BCUT2D eigenvalue weighted by Crippen LogP contribution is 2.23. The maximum atomic E-state index is 10.9. The third kappa shape index (κ3) is 2.05. The van der Waals surface area contributed by atoms with E-state index in [1.54, 1.807) is 24.0 Å². The largest absolute Gasteiger partial charge is 0.378 e. The van der Waals surface area contributed by atoms with E-state index in [-0.39, 0.29) is 23.6 Å². The van der Waals surface area contributed by atoms with Gasteiger partial charge in [0.25, 0.3) is 0 Å². The third-order valence-corrected chi connectivity index (χ3v) is 2.36. The van der Waals surface area contributed by atoms with E-state index in [9.17, 15) is 10.1 Å². The predicted molar refractivity (Wildman–Crippen MR) is 59.1 cm³/mol. The Kier molecular flexibility index (Phi) is 2.69. The fourth-order valence-electron chi connectivity index (χ4n) is 1.48. The van der Waals surface area contributed by atoms with Gasteiger partial charge < -0.3 is 10.3 Å². The van der Waals surface area contributed by atoms with Crippen LogP contribution in [0.2, 0.25) is 0 Å². The fourth-order valence-corrected chi connectivity index (χ4v) is 1.48. The van der Waals surface area contributed by atoms with Crippen molar-refractivity contribution in [2.45, 2.75) is 6.42 Å². The Morgan fingerprint density at radius 3 is 2.82 bits per heavy atom. The van der Waals surface area contributed by atoms with E-state index in [0.717, 1.165) is 0 Å². The fraction of sp³-hybridized carbons (Fsp3) is 0.222. The Hall–Kier alpha value is -2.51. The molecule has 0 unspecified atom stereocenters. The first-order valence-electron chi connectivity index (χ1n) is 4.79. The monoisotopic (exact) mass is 234 g/mol. The van der Waals surface area contributed by atoms with Crippen molar-refractivity contribution in [3.8, 4) is 0 Å². The average Bonchev–Trinajstić information content (AvgIpc) is 2.64. The van der Waals surface area contributed by atoms with Gasteiger partial charge in [-0.1, -0.05) is 0 Å². The van der Waals surface area contributed by atoms with Gasteiger partial charge in [-0.3, -0.25) is 10.1 Å². The van der Waals surface area contributed by atoms with Crippen molar-refractivity contribution in [1.82, 2.24) is 19.5 Å². The van der Waals surface area contributed by atoms with Gasteiger partial charge in [-0.05, 0) is 0 Å². The van der Waals surface area contributed by atoms with E-state index in [4.69, 9.17) is 5.73 Å². The molecule has 2 heterocycles. The first-order valence-corrected chi connectivity index (χ1v) is 4.79. The Morgan fingerprint density at radius 1 is 1.47 bits per heavy atom. The van der Waals surface area contributed by atoms with Crippen LogP contribution in [0.15, 0.2) is 18.7 Å². The van der Waals surface area contributed by atoms with Crippen LogP contribution in [0.1, 0.15) is 11.5 Å². The van der Waals surface area contributed by atoms with Gasteiger partial charge in [0.1, 0.15) is 17.8 Å². The van der Waals surface area contributed by atoms with Crippen LogP contribution in [-0.2, 0) is 13.5 Å². The summed E-state index contributed by atoms with van der Waals surface area (Å²) in [6, 6.07) is 0. The lowest BCUT2D eigenvalue weighted by Gasteiger charge is -2.03. The predicted octanol–water partition coefficient (Wildman–Crippen LogP) is 0.291. The molecule has 0 saturated heterocycles. The quantitative estimate of drug-likeness (QED) is 0.603. The molecule has 8 heteroatoms. The van der Waals surface area contributed by atoms with Gasteiger partial charge >= 0.3 is 5.69 Å². The maximum absolute atomic E-state index is 10.9. The van der Waals surface area contributed by atoms with Crippen molar-refractivity contribution in [3.05, 3.63) is 40.4 Å². The molecule has 0 bridgehead atoms. The standard InChI is InChI=1S/C9H10N6O2/c1-14-3-2-11-7(14)4-6-8(15(16)17)9(10)13-5-12-6/h2-3,5H,4H2,1H3,(H2,10,12,13). The third-order valence-electron chi connectivity index (χ3n) is 2.36. The van der Waals surface area contributed by atoms with E-state index in [1.807, 2.05) is 0 Å². The van der Waals surface area contributed by atoms with Crippen molar-refractivity contribution in [2.75, 3.05) is 5.73 Å². The molecular weight excluding hydrogens is 224 g/mol. The van der Waals surface area contributed by atoms with Crippen molar-refractivity contribution in [1.29, 1.82) is 0 Å². The van der Waals surface area contributed by atoms with Crippen LogP contribution in [0.4, 0.5) is 11.5 Å². The van der Waals surface area contributed by atoms with Crippen LogP contribution in [0.3, 0.4) is 0 Å². The molecule has 88 valence electrons. The van der Waals surface area contributed by atoms with E-state index in [0.29, 0.717) is 5.82 Å². The van der Waals surface area contributed by atoms with Crippen LogP contribution in [0.5, 0.6) is 0 Å². The molecule has 0 aromatic carbocycles. The van der Waals surface area contributed by atoms with Gasteiger partial charge in [0, 0.05) is 19.4 Å². The number of aromatic nitrogens is 4. The zero-order valence-electron chi connectivity index (χ0n) is 9.07. The first-order chi connectivity index (χ1) is 8.09. The Labute approximate surface area is 96.3 Å². The van der Waals surface area contributed by atoms with Gasteiger partial charge in [0.15, 0.2) is 0 Å². The summed E-state index contributed by atoms with van der Waals surface area (Å²) in [6.45, 7) is 0. The summed E-state index contributed by atoms with van der Waals surface area (Å²) in [5, 5.41) is 10.9. The molecular formula is C9H10N6O2. The molecule has 2 rings (SSSR count). The Balaban J connectivity index is 2.43. The molecule has 0 radical (unpaired) electrons. The molecule has 0 aliphatic carbocycles. The number of nitrogen functional groups attached to an aromatic ring is 1. The molecule has 0 aliphatic rings. The van der Waals surface area contributed by atoms with Crippen LogP contribution >= 0.6 is 0 Å². The van der Waals surface area contributed by atoms with Crippen LogP contribution < -0.4 is 5.73 Å². The molecule has 0 fully saturated rings. The van der Waals surface area contributed by atoms with Gasteiger partial charge in [0.2, 0.25) is 5.82 Å². The van der Waals surface area contributed by atoms with Crippen LogP contribution in [-0.4, -0.2) is 24.4 Å². The van der Waals surface area contributed by atoms with Crippen molar-refractivity contribution < 1.29 is 4.92 Å². The number of nitrogens with zero attached hydrogens (tertiary/aromatic N) is 5. The lowest BCUT2D eigenvalue weighted by Crippen LogP contribution is -2.07. The molecule has 8 nitrogen and oxygen atoms in total. The number of anilines is 1. The van der Waals surface area contributed by atoms with E-state index in [1.165, 1.54) is 6.33 Å². The zero-order valence-corrected chi connectivity index (χ0v) is 9.07. The molecule has 2 N–H and O–H groups in total. The maximum Gasteiger partial charge on any atom is 0.332 e. The van der Waals surface area contributed by atoms with Gasteiger partial charge in [-0.15, -0.1) is 0 Å². The van der Waals surface area contributed by atoms with Crippen molar-refractivity contribution in [2.24, 2.45) is 7.05 Å². The Bertz CT molecular complexity index is 564. The second-order valence-electron chi connectivity index (χ2n) is 3.44. The summed E-state index contributed by atoms with van der Waals surface area (Å²) >= 11 is 0. The molecule has 0 aliphatic heterocycles. The summed E-state index contributed by atoms with van der Waals surface area (Å²) in [4.78, 5) is 21.9. The van der Waals surface area contributed by atoms with Crippen LogP contribution in [0.25, 0.3) is 0 Å². The molecule has 2 aromatic rings. The lowest BCUT2D eigenvalue weighted by atomic mass is 10.2. The minimum Gasteiger partial charge on any atom is -0.378 e. The summed E-state index contributed by atoms with van der Waals surface area (Å²) in [6.07, 6.45) is 4.82. The number of hydrogen-bond acceptors (Lipinski definition) is 6.